The average Bonchev–Trinajstić information content (AvgIpc) is 3.97. The Bertz CT molecular complexity index is 2650. The molecule has 1 fully saturated rings. The van der Waals surface area contributed by atoms with Crippen LogP contribution in [-0.2, 0) is 16.0 Å². The van der Waals surface area contributed by atoms with E-state index in [1.165, 1.54) is 0 Å². The van der Waals surface area contributed by atoms with Gasteiger partial charge in [-0.05, 0) is 115 Å². The molecule has 4 aromatic carbocycles. The Labute approximate surface area is 338 Å². The number of aryl methyl sites for hydroxylation is 1. The van der Waals surface area contributed by atoms with Crippen LogP contribution in [0.15, 0.2) is 121 Å². The lowest BCUT2D eigenvalue weighted by molar-refractivity contribution is -0.136. The van der Waals surface area contributed by atoms with E-state index in [9.17, 15) is 24.4 Å². The number of imide groups is 2. The molecule has 1 saturated heterocycles. The quantitative estimate of drug-likeness (QED) is 0.0573. The molecule has 4 heterocycles. The zero-order valence-electron chi connectivity index (χ0n) is 31.8. The standard InChI is InChI=1S/C46H38N6O7/c53-42-17-16-41(44(54)48-42)52-45(55)37-14-6-30(26-38(37)46(52)56)29-4-3-5-35(25-29)59-23-2-1-22-58-34-11-9-33(10-12-34)51-27-39(43(49-51)28-18-20-47-21-19-28)32-7-13-36-31(24-32)8-15-40(36)50-57/h3-7,9-14,18-21,24-27,41,57H,1-2,8,15-17,22-23H2,(H,48,53,54)/b50-40-. The molecule has 0 bridgehead atoms. The summed E-state index contributed by atoms with van der Waals surface area (Å²) in [6.07, 6.45) is 8.81. The number of piperidine rings is 1. The molecule has 3 aliphatic rings. The van der Waals surface area contributed by atoms with Gasteiger partial charge in [0.1, 0.15) is 23.2 Å². The molecule has 6 aromatic rings. The van der Waals surface area contributed by atoms with E-state index in [2.05, 4.69) is 21.5 Å². The molecule has 2 N–H and O–H groups in total. The molecule has 13 heteroatoms. The smallest absolute Gasteiger partial charge is 0.262 e. The van der Waals surface area contributed by atoms with Crippen LogP contribution in [0, 0.1) is 0 Å². The zero-order chi connectivity index (χ0) is 40.5. The van der Waals surface area contributed by atoms with Crippen LogP contribution in [-0.4, -0.2) is 73.5 Å². The molecule has 2 aliphatic heterocycles. The Hall–Kier alpha value is -7.41. The lowest BCUT2D eigenvalue weighted by Gasteiger charge is -2.27. The fraction of sp³-hybridized carbons (Fsp3) is 0.196. The van der Waals surface area contributed by atoms with Crippen molar-refractivity contribution in [3.8, 4) is 50.7 Å². The molecular formula is C46H38N6O7. The SMILES string of the molecule is O=C1CCC(N2C(=O)c3ccc(-c4cccc(OCCCCOc5ccc(-n6cc(-c7ccc8c(c7)CC/C8=N/O)c(-c7ccncc7)n6)cc5)c4)cc3C2=O)C(=O)N1. The molecule has 1 aliphatic carbocycles. The van der Waals surface area contributed by atoms with Crippen LogP contribution in [0.4, 0.5) is 0 Å². The first-order valence-electron chi connectivity index (χ1n) is 19.5. The van der Waals surface area contributed by atoms with Crippen molar-refractivity contribution in [3.63, 3.8) is 0 Å². The second-order valence-electron chi connectivity index (χ2n) is 14.6. The van der Waals surface area contributed by atoms with Crippen molar-refractivity contribution in [2.75, 3.05) is 13.2 Å². The van der Waals surface area contributed by atoms with Crippen LogP contribution in [0.5, 0.6) is 11.5 Å². The van der Waals surface area contributed by atoms with Crippen molar-refractivity contribution >= 4 is 29.3 Å². The minimum absolute atomic E-state index is 0.0661. The third-order valence-electron chi connectivity index (χ3n) is 10.9. The van der Waals surface area contributed by atoms with Crippen molar-refractivity contribution < 1.29 is 33.9 Å². The summed E-state index contributed by atoms with van der Waals surface area (Å²) in [5.74, 6) is -0.714. The van der Waals surface area contributed by atoms with E-state index in [0.29, 0.717) is 24.7 Å². The average molecular weight is 787 g/mol. The van der Waals surface area contributed by atoms with Crippen molar-refractivity contribution in [1.29, 1.82) is 0 Å². The molecule has 1 atom stereocenters. The number of pyridine rings is 1. The molecular weight excluding hydrogens is 749 g/mol. The monoisotopic (exact) mass is 786 g/mol. The molecule has 0 spiro atoms. The number of amides is 4. The van der Waals surface area contributed by atoms with Gasteiger partial charge in [-0.3, -0.25) is 34.4 Å². The highest BCUT2D eigenvalue weighted by Crippen LogP contribution is 2.36. The number of hydrogen-bond donors (Lipinski definition) is 2. The van der Waals surface area contributed by atoms with Crippen molar-refractivity contribution in [3.05, 3.63) is 138 Å². The normalized spacial score (nSPS) is 16.6. The summed E-state index contributed by atoms with van der Waals surface area (Å²) in [6, 6.07) is 29.5. The largest absolute Gasteiger partial charge is 0.494 e. The Balaban J connectivity index is 0.791. The first-order chi connectivity index (χ1) is 28.8. The number of hydrogen-bond acceptors (Lipinski definition) is 10. The summed E-state index contributed by atoms with van der Waals surface area (Å²) in [7, 11) is 0. The third kappa shape index (κ3) is 7.34. The Morgan fingerprint density at radius 1 is 0.695 bits per heavy atom. The summed E-state index contributed by atoms with van der Waals surface area (Å²) in [6.45, 7) is 0.991. The van der Waals surface area contributed by atoms with E-state index in [4.69, 9.17) is 14.6 Å². The number of nitrogens with one attached hydrogen (secondary N) is 1. The van der Waals surface area contributed by atoms with Gasteiger partial charge in [0.05, 0.1) is 35.7 Å². The predicted molar refractivity (Wildman–Crippen MR) is 218 cm³/mol. The fourth-order valence-electron chi connectivity index (χ4n) is 7.88. The van der Waals surface area contributed by atoms with Gasteiger partial charge in [-0.1, -0.05) is 41.6 Å². The summed E-state index contributed by atoms with van der Waals surface area (Å²) >= 11 is 0. The van der Waals surface area contributed by atoms with E-state index in [1.807, 2.05) is 83.7 Å². The molecule has 1 unspecified atom stereocenters. The molecule has 13 nitrogen and oxygen atoms in total. The number of benzene rings is 4. The highest BCUT2D eigenvalue weighted by Gasteiger charge is 2.44. The number of rotatable bonds is 12. The van der Waals surface area contributed by atoms with Gasteiger partial charge in [-0.15, -0.1) is 0 Å². The number of ether oxygens (including phenoxy) is 2. The van der Waals surface area contributed by atoms with Crippen LogP contribution in [0.3, 0.4) is 0 Å². The number of carbonyl (C=O) groups excluding carboxylic acids is 4. The van der Waals surface area contributed by atoms with Gasteiger partial charge in [-0.25, -0.2) is 4.68 Å². The van der Waals surface area contributed by atoms with Crippen LogP contribution >= 0.6 is 0 Å². The second-order valence-corrected chi connectivity index (χ2v) is 14.6. The molecule has 59 heavy (non-hydrogen) atoms. The van der Waals surface area contributed by atoms with Crippen LogP contribution in [0.25, 0.3) is 39.2 Å². The van der Waals surface area contributed by atoms with Gasteiger partial charge in [0.25, 0.3) is 11.8 Å². The summed E-state index contributed by atoms with van der Waals surface area (Å²) in [5, 5.41) is 20.1. The van der Waals surface area contributed by atoms with Crippen LogP contribution in [0.2, 0.25) is 0 Å². The topological polar surface area (TPSA) is 165 Å². The summed E-state index contributed by atoms with van der Waals surface area (Å²) < 4.78 is 14.0. The van der Waals surface area contributed by atoms with E-state index < -0.39 is 29.7 Å². The van der Waals surface area contributed by atoms with Crippen LogP contribution < -0.4 is 14.8 Å². The number of nitrogens with zero attached hydrogens (tertiary/aromatic N) is 5. The number of unbranched alkanes of at least 4 members (excludes halogenated alkanes) is 1. The van der Waals surface area contributed by atoms with Gasteiger partial charge >= 0.3 is 0 Å². The number of oxime groups is 1. The molecule has 0 saturated carbocycles. The third-order valence-corrected chi connectivity index (χ3v) is 10.9. The molecule has 0 radical (unpaired) electrons. The maximum atomic E-state index is 13.3. The zero-order valence-corrected chi connectivity index (χ0v) is 31.8. The highest BCUT2D eigenvalue weighted by molar-refractivity contribution is 6.23. The summed E-state index contributed by atoms with van der Waals surface area (Å²) in [5.41, 5.74) is 9.57. The predicted octanol–water partition coefficient (Wildman–Crippen LogP) is 7.03. The fourth-order valence-corrected chi connectivity index (χ4v) is 7.88. The second kappa shape index (κ2) is 15.9. The molecule has 9 rings (SSSR count). The van der Waals surface area contributed by atoms with Crippen molar-refractivity contribution in [1.82, 2.24) is 25.0 Å². The first-order valence-corrected chi connectivity index (χ1v) is 19.5. The maximum Gasteiger partial charge on any atom is 0.262 e. The van der Waals surface area contributed by atoms with Gasteiger partial charge in [0.2, 0.25) is 11.8 Å². The van der Waals surface area contributed by atoms with E-state index in [-0.39, 0.29) is 24.0 Å². The molecule has 294 valence electrons. The highest BCUT2D eigenvalue weighted by atomic mass is 16.5. The number of carbonyl (C=O) groups is 4. The lowest BCUT2D eigenvalue weighted by Crippen LogP contribution is -2.54. The molecule has 4 amide bonds. The van der Waals surface area contributed by atoms with Crippen LogP contribution in [0.1, 0.15) is 63.9 Å². The maximum absolute atomic E-state index is 13.3. The number of fused-ring (bicyclic) bond motifs is 2. The minimum Gasteiger partial charge on any atom is -0.494 e. The van der Waals surface area contributed by atoms with Gasteiger partial charge < -0.3 is 14.7 Å². The van der Waals surface area contributed by atoms with Crippen molar-refractivity contribution in [2.24, 2.45) is 5.16 Å². The first kappa shape index (κ1) is 37.2. The van der Waals surface area contributed by atoms with Gasteiger partial charge in [0.15, 0.2) is 0 Å². The summed E-state index contributed by atoms with van der Waals surface area (Å²) in [4.78, 5) is 55.6. The Kier molecular flexibility index (Phi) is 9.99. The van der Waals surface area contributed by atoms with E-state index in [0.717, 1.165) is 86.7 Å². The van der Waals surface area contributed by atoms with Crippen molar-refractivity contribution in [2.45, 2.75) is 44.6 Å². The minimum atomic E-state index is -1.01. The van der Waals surface area contributed by atoms with E-state index in [1.54, 1.807) is 30.6 Å². The molecule has 2 aromatic heterocycles. The lowest BCUT2D eigenvalue weighted by atomic mass is 9.98. The van der Waals surface area contributed by atoms with E-state index >= 15 is 0 Å². The van der Waals surface area contributed by atoms with Gasteiger partial charge in [-0.2, -0.15) is 5.10 Å². The van der Waals surface area contributed by atoms with Gasteiger partial charge in [0, 0.05) is 41.7 Å². The Morgan fingerprint density at radius 3 is 2.20 bits per heavy atom. The number of aromatic nitrogens is 3. The Morgan fingerprint density at radius 2 is 1.42 bits per heavy atom.